The molecule has 122 valence electrons. The number of rotatable bonds is 6. The van der Waals surface area contributed by atoms with Gasteiger partial charge in [0.25, 0.3) is 5.91 Å². The SMILES string of the molecule is CCCCNc1ccccc1C(=O)N1CCO[C@H]([C@H](C)O)C1. The lowest BCUT2D eigenvalue weighted by molar-refractivity contribution is -0.0745. The standard InChI is InChI=1S/C17H26N2O3/c1-3-4-9-18-15-8-6-5-7-14(15)17(21)19-10-11-22-16(12-19)13(2)20/h5-8,13,16,18,20H,3-4,9-12H2,1-2H3/t13-,16-/m0/s1. The first-order valence-corrected chi connectivity index (χ1v) is 8.05. The summed E-state index contributed by atoms with van der Waals surface area (Å²) < 4.78 is 5.51. The van der Waals surface area contributed by atoms with Crippen molar-refractivity contribution in [1.82, 2.24) is 4.90 Å². The highest BCUT2D eigenvalue weighted by atomic mass is 16.5. The fourth-order valence-corrected chi connectivity index (χ4v) is 2.55. The molecule has 0 unspecified atom stereocenters. The normalized spacial score (nSPS) is 19.8. The van der Waals surface area contributed by atoms with Gasteiger partial charge in [0.15, 0.2) is 0 Å². The molecule has 1 fully saturated rings. The van der Waals surface area contributed by atoms with Gasteiger partial charge in [-0.25, -0.2) is 0 Å². The van der Waals surface area contributed by atoms with Crippen LogP contribution < -0.4 is 5.32 Å². The number of aliphatic hydroxyl groups excluding tert-OH is 1. The van der Waals surface area contributed by atoms with Gasteiger partial charge in [0.05, 0.1) is 18.3 Å². The van der Waals surface area contributed by atoms with Crippen LogP contribution in [0.5, 0.6) is 0 Å². The summed E-state index contributed by atoms with van der Waals surface area (Å²) in [6.07, 6.45) is 1.30. The van der Waals surface area contributed by atoms with Crippen LogP contribution in [-0.2, 0) is 4.74 Å². The van der Waals surface area contributed by atoms with E-state index in [1.165, 1.54) is 0 Å². The molecule has 5 nitrogen and oxygen atoms in total. The molecule has 22 heavy (non-hydrogen) atoms. The maximum absolute atomic E-state index is 12.8. The van der Waals surface area contributed by atoms with Gasteiger partial charge in [-0.3, -0.25) is 4.79 Å². The van der Waals surface area contributed by atoms with Crippen LogP contribution in [-0.4, -0.2) is 54.4 Å². The Hall–Kier alpha value is -1.59. The molecular formula is C17H26N2O3. The molecule has 0 aliphatic carbocycles. The zero-order chi connectivity index (χ0) is 15.9. The number of amides is 1. The van der Waals surface area contributed by atoms with E-state index >= 15 is 0 Å². The molecule has 1 aliphatic rings. The number of benzene rings is 1. The average molecular weight is 306 g/mol. The number of hydrogen-bond donors (Lipinski definition) is 2. The van der Waals surface area contributed by atoms with E-state index in [-0.39, 0.29) is 12.0 Å². The van der Waals surface area contributed by atoms with E-state index in [4.69, 9.17) is 4.74 Å². The molecule has 0 spiro atoms. The average Bonchev–Trinajstić information content (AvgIpc) is 2.55. The Bertz CT molecular complexity index is 491. The summed E-state index contributed by atoms with van der Waals surface area (Å²) in [6, 6.07) is 7.60. The number of nitrogens with zero attached hydrogens (tertiary/aromatic N) is 1. The highest BCUT2D eigenvalue weighted by molar-refractivity contribution is 5.99. The maximum atomic E-state index is 12.8. The second kappa shape index (κ2) is 8.15. The molecule has 0 aromatic heterocycles. The van der Waals surface area contributed by atoms with Crippen molar-refractivity contribution in [2.75, 3.05) is 31.6 Å². The van der Waals surface area contributed by atoms with Crippen molar-refractivity contribution >= 4 is 11.6 Å². The number of para-hydroxylation sites is 1. The Balaban J connectivity index is 2.08. The van der Waals surface area contributed by atoms with Gasteiger partial charge in [0.1, 0.15) is 6.10 Å². The van der Waals surface area contributed by atoms with Crippen LogP contribution in [0, 0.1) is 0 Å². The molecule has 2 atom stereocenters. The smallest absolute Gasteiger partial charge is 0.256 e. The highest BCUT2D eigenvalue weighted by Gasteiger charge is 2.28. The van der Waals surface area contributed by atoms with Crippen molar-refractivity contribution in [3.05, 3.63) is 29.8 Å². The van der Waals surface area contributed by atoms with Gasteiger partial charge in [-0.05, 0) is 25.5 Å². The third-order valence-electron chi connectivity index (χ3n) is 3.92. The Morgan fingerprint density at radius 2 is 2.27 bits per heavy atom. The quantitative estimate of drug-likeness (QED) is 0.790. The summed E-state index contributed by atoms with van der Waals surface area (Å²) in [5.74, 6) is -0.00597. The number of carbonyl (C=O) groups is 1. The van der Waals surface area contributed by atoms with Crippen molar-refractivity contribution in [3.8, 4) is 0 Å². The first-order chi connectivity index (χ1) is 10.6. The zero-order valence-electron chi connectivity index (χ0n) is 13.4. The van der Waals surface area contributed by atoms with Gasteiger partial charge in [-0.15, -0.1) is 0 Å². The predicted octanol–water partition coefficient (Wildman–Crippen LogP) is 2.12. The lowest BCUT2D eigenvalue weighted by Gasteiger charge is -2.34. The summed E-state index contributed by atoms with van der Waals surface area (Å²) in [4.78, 5) is 14.5. The fraction of sp³-hybridized carbons (Fsp3) is 0.588. The van der Waals surface area contributed by atoms with E-state index in [1.807, 2.05) is 24.3 Å². The molecule has 1 aromatic rings. The van der Waals surface area contributed by atoms with Crippen LogP contribution in [0.4, 0.5) is 5.69 Å². The van der Waals surface area contributed by atoms with Crippen molar-refractivity contribution < 1.29 is 14.6 Å². The van der Waals surface area contributed by atoms with Crippen molar-refractivity contribution in [2.45, 2.75) is 38.9 Å². The molecule has 1 aliphatic heterocycles. The Kier molecular flexibility index (Phi) is 6.21. The number of aliphatic hydroxyl groups is 1. The molecule has 2 rings (SSSR count). The lowest BCUT2D eigenvalue weighted by atomic mass is 10.1. The Morgan fingerprint density at radius 1 is 1.50 bits per heavy atom. The minimum absolute atomic E-state index is 0.00597. The largest absolute Gasteiger partial charge is 0.391 e. The summed E-state index contributed by atoms with van der Waals surface area (Å²) in [5, 5.41) is 13.0. The van der Waals surface area contributed by atoms with E-state index in [0.29, 0.717) is 25.3 Å². The molecule has 0 saturated carbocycles. The first-order valence-electron chi connectivity index (χ1n) is 8.05. The van der Waals surface area contributed by atoms with Crippen LogP contribution in [0.2, 0.25) is 0 Å². The van der Waals surface area contributed by atoms with Gasteiger partial charge in [0, 0.05) is 25.3 Å². The fourth-order valence-electron chi connectivity index (χ4n) is 2.55. The summed E-state index contributed by atoms with van der Waals surface area (Å²) in [5.41, 5.74) is 1.56. The van der Waals surface area contributed by atoms with Gasteiger partial charge < -0.3 is 20.1 Å². The second-order valence-electron chi connectivity index (χ2n) is 5.73. The number of hydrogen-bond acceptors (Lipinski definition) is 4. The Labute approximate surface area is 132 Å². The van der Waals surface area contributed by atoms with Gasteiger partial charge in [0.2, 0.25) is 0 Å². The topological polar surface area (TPSA) is 61.8 Å². The zero-order valence-corrected chi connectivity index (χ0v) is 13.4. The Morgan fingerprint density at radius 3 is 3.00 bits per heavy atom. The van der Waals surface area contributed by atoms with Gasteiger partial charge >= 0.3 is 0 Å². The lowest BCUT2D eigenvalue weighted by Crippen LogP contribution is -2.49. The molecular weight excluding hydrogens is 280 g/mol. The monoisotopic (exact) mass is 306 g/mol. The van der Waals surface area contributed by atoms with Crippen LogP contribution in [0.25, 0.3) is 0 Å². The van der Waals surface area contributed by atoms with Crippen LogP contribution in [0.3, 0.4) is 0 Å². The van der Waals surface area contributed by atoms with Crippen molar-refractivity contribution in [2.24, 2.45) is 0 Å². The molecule has 1 aromatic carbocycles. The van der Waals surface area contributed by atoms with Crippen LogP contribution >= 0.6 is 0 Å². The maximum Gasteiger partial charge on any atom is 0.256 e. The van der Waals surface area contributed by atoms with Crippen molar-refractivity contribution in [3.63, 3.8) is 0 Å². The molecule has 1 saturated heterocycles. The van der Waals surface area contributed by atoms with E-state index in [0.717, 1.165) is 25.1 Å². The molecule has 1 heterocycles. The van der Waals surface area contributed by atoms with Gasteiger partial charge in [-0.1, -0.05) is 25.5 Å². The van der Waals surface area contributed by atoms with Crippen LogP contribution in [0.1, 0.15) is 37.0 Å². The van der Waals surface area contributed by atoms with Crippen LogP contribution in [0.15, 0.2) is 24.3 Å². The van der Waals surface area contributed by atoms with E-state index in [2.05, 4.69) is 12.2 Å². The summed E-state index contributed by atoms with van der Waals surface area (Å²) >= 11 is 0. The number of carbonyl (C=O) groups excluding carboxylic acids is 1. The highest BCUT2D eigenvalue weighted by Crippen LogP contribution is 2.19. The third-order valence-corrected chi connectivity index (χ3v) is 3.92. The molecule has 0 bridgehead atoms. The third kappa shape index (κ3) is 4.21. The minimum atomic E-state index is -0.575. The number of nitrogens with one attached hydrogen (secondary N) is 1. The van der Waals surface area contributed by atoms with Crippen molar-refractivity contribution in [1.29, 1.82) is 0 Å². The second-order valence-corrected chi connectivity index (χ2v) is 5.73. The van der Waals surface area contributed by atoms with E-state index < -0.39 is 6.10 Å². The number of ether oxygens (including phenoxy) is 1. The van der Waals surface area contributed by atoms with Gasteiger partial charge in [-0.2, -0.15) is 0 Å². The molecule has 1 amide bonds. The minimum Gasteiger partial charge on any atom is -0.391 e. The number of anilines is 1. The first kappa shape index (κ1) is 16.8. The summed E-state index contributed by atoms with van der Waals surface area (Å²) in [7, 11) is 0. The molecule has 0 radical (unpaired) electrons. The molecule has 5 heteroatoms. The summed E-state index contributed by atoms with van der Waals surface area (Å²) in [6.45, 7) is 6.15. The van der Waals surface area contributed by atoms with E-state index in [9.17, 15) is 9.90 Å². The number of unbranched alkanes of at least 4 members (excludes halogenated alkanes) is 1. The van der Waals surface area contributed by atoms with E-state index in [1.54, 1.807) is 11.8 Å². The number of morpholine rings is 1. The predicted molar refractivity (Wildman–Crippen MR) is 87.2 cm³/mol. The molecule has 2 N–H and O–H groups in total.